The molecule has 0 spiro atoms. The van der Waals surface area contributed by atoms with Crippen molar-refractivity contribution in [2.45, 2.75) is 0 Å². The molecule has 58 valence electrons. The summed E-state index contributed by atoms with van der Waals surface area (Å²) >= 11 is 0. The minimum Gasteiger partial charge on any atom is -0.907 e. The molecule has 0 amide bonds. The Balaban J connectivity index is -0.0000000133. The Morgan fingerprint density at radius 3 is 0.733 bits per heavy atom. The van der Waals surface area contributed by atoms with E-state index in [2.05, 4.69) is 0 Å². The molecule has 0 unspecified atom stereocenters. The van der Waals surface area contributed by atoms with Gasteiger partial charge in [-0.1, -0.05) is 0 Å². The SMILES string of the molecule is O=C([O-])C(=O)[O-].[Li+].[Li+].[Li+].[Li+].[Li+].[O-]B([O-])[O-]. The van der Waals surface area contributed by atoms with Gasteiger partial charge in [-0.3, -0.25) is 7.32 Å². The van der Waals surface area contributed by atoms with Crippen LogP contribution in [-0.2, 0) is 9.59 Å². The van der Waals surface area contributed by atoms with E-state index in [1.807, 2.05) is 0 Å². The summed E-state index contributed by atoms with van der Waals surface area (Å²) < 4.78 is 0. The molecule has 0 saturated heterocycles. The third kappa shape index (κ3) is 88.6. The Morgan fingerprint density at radius 1 is 0.667 bits per heavy atom. The Labute approximate surface area is 147 Å². The second-order valence-electron chi connectivity index (χ2n) is 0.864. The average molecular weight is 182 g/mol. The van der Waals surface area contributed by atoms with E-state index in [4.69, 9.17) is 34.9 Å². The average Bonchev–Trinajstić information content (AvgIpc) is 1.63. The molecule has 0 aromatic rings. The largest absolute Gasteiger partial charge is 1.00 e. The van der Waals surface area contributed by atoms with Crippen LogP contribution in [0.4, 0.5) is 0 Å². The van der Waals surface area contributed by atoms with Crippen LogP contribution in [0.5, 0.6) is 0 Å². The van der Waals surface area contributed by atoms with Gasteiger partial charge in [-0.05, 0) is 0 Å². The molecular formula is C2BLi5O7. The summed E-state index contributed by atoms with van der Waals surface area (Å²) in [4.78, 5) is 17.9. The molecule has 0 aliphatic rings. The van der Waals surface area contributed by atoms with Gasteiger partial charge in [-0.2, -0.15) is 0 Å². The van der Waals surface area contributed by atoms with E-state index < -0.39 is 19.3 Å². The minimum atomic E-state index is -2.92. The predicted molar refractivity (Wildman–Crippen MR) is 15.8 cm³/mol. The van der Waals surface area contributed by atoms with Crippen molar-refractivity contribution in [3.8, 4) is 0 Å². The first-order valence-corrected chi connectivity index (χ1v) is 1.77. The van der Waals surface area contributed by atoms with Gasteiger partial charge in [-0.15, -0.1) is 0 Å². The number of rotatable bonds is 0. The Bertz CT molecular complexity index is 118. The van der Waals surface area contributed by atoms with Crippen LogP contribution in [0.25, 0.3) is 0 Å². The van der Waals surface area contributed by atoms with Crippen molar-refractivity contribution in [1.82, 2.24) is 0 Å². The van der Waals surface area contributed by atoms with Crippen LogP contribution in [0.15, 0.2) is 0 Å². The van der Waals surface area contributed by atoms with Crippen molar-refractivity contribution in [2.75, 3.05) is 0 Å². The van der Waals surface area contributed by atoms with Crippen molar-refractivity contribution < 1.29 is 129 Å². The number of carboxylic acids is 2. The number of hydrogen-bond donors (Lipinski definition) is 0. The maximum atomic E-state index is 8.93. The van der Waals surface area contributed by atoms with Crippen LogP contribution < -0.4 is 120 Å². The molecule has 0 atom stereocenters. The molecular weight excluding hydrogens is 182 g/mol. The molecule has 0 saturated carbocycles. The molecule has 0 fully saturated rings. The first-order chi connectivity index (χ1) is 4.37. The van der Waals surface area contributed by atoms with Crippen molar-refractivity contribution >= 4 is 19.3 Å². The molecule has 15 heavy (non-hydrogen) atoms. The molecule has 0 bridgehead atoms. The van der Waals surface area contributed by atoms with Crippen molar-refractivity contribution in [3.63, 3.8) is 0 Å². The fourth-order valence-corrected chi connectivity index (χ4v) is 0. The summed E-state index contributed by atoms with van der Waals surface area (Å²) in [7, 11) is -2.92. The Kier molecular flexibility index (Phi) is 86.4. The van der Waals surface area contributed by atoms with Crippen LogP contribution in [0.3, 0.4) is 0 Å². The van der Waals surface area contributed by atoms with Gasteiger partial charge < -0.3 is 34.9 Å². The zero-order chi connectivity index (χ0) is 8.73. The van der Waals surface area contributed by atoms with Gasteiger partial charge in [0.1, 0.15) is 0 Å². The quantitative estimate of drug-likeness (QED) is 0.266. The Morgan fingerprint density at radius 2 is 0.733 bits per heavy atom. The minimum absolute atomic E-state index is 0. The van der Waals surface area contributed by atoms with Crippen LogP contribution in [0.1, 0.15) is 0 Å². The summed E-state index contributed by atoms with van der Waals surface area (Å²) in [6, 6.07) is 0. The molecule has 0 aromatic carbocycles. The van der Waals surface area contributed by atoms with Crippen LogP contribution in [0.2, 0.25) is 0 Å². The normalized spacial score (nSPS) is 4.73. The number of carbonyl (C=O) groups excluding carboxylic acids is 2. The van der Waals surface area contributed by atoms with Crippen LogP contribution in [-0.4, -0.2) is 19.3 Å². The number of aliphatic carboxylic acids is 2. The van der Waals surface area contributed by atoms with Crippen molar-refractivity contribution in [3.05, 3.63) is 0 Å². The fraction of sp³-hybridized carbons (Fsp3) is 0. The molecule has 0 aliphatic carbocycles. The van der Waals surface area contributed by atoms with E-state index >= 15 is 0 Å². The standard InChI is InChI=1S/C2H2O4.BO3.5Li/c3-1(4)2(5)6;2-1(3)4;;;;;/h(H,3,4)(H,5,6);;;;;;/q;-3;5*+1/p-2. The van der Waals surface area contributed by atoms with Crippen LogP contribution in [0, 0.1) is 0 Å². The zero-order valence-corrected chi connectivity index (χ0v) is 9.44. The maximum Gasteiger partial charge on any atom is 1.00 e. The molecule has 0 N–H and O–H groups in total. The molecule has 7 nitrogen and oxygen atoms in total. The zero-order valence-electron chi connectivity index (χ0n) is 9.44. The first kappa shape index (κ1) is 43.6. The van der Waals surface area contributed by atoms with Gasteiger partial charge in [0.05, 0.1) is 11.9 Å². The van der Waals surface area contributed by atoms with E-state index in [0.29, 0.717) is 0 Å². The van der Waals surface area contributed by atoms with Gasteiger partial charge in [0.15, 0.2) is 0 Å². The van der Waals surface area contributed by atoms with E-state index in [0.717, 1.165) is 0 Å². The molecule has 0 rings (SSSR count). The van der Waals surface area contributed by atoms with E-state index in [1.165, 1.54) is 0 Å². The topological polar surface area (TPSA) is 149 Å². The molecule has 0 aromatic heterocycles. The summed E-state index contributed by atoms with van der Waals surface area (Å²) in [5, 5.41) is 43.1. The van der Waals surface area contributed by atoms with Gasteiger partial charge in [0, 0.05) is 0 Å². The van der Waals surface area contributed by atoms with E-state index in [1.54, 1.807) is 0 Å². The summed E-state index contributed by atoms with van der Waals surface area (Å²) in [6.45, 7) is 0. The number of carboxylic acid groups (broad SMARTS) is 2. The third-order valence-corrected chi connectivity index (χ3v) is 0.167. The third-order valence-electron chi connectivity index (χ3n) is 0.167. The maximum absolute atomic E-state index is 8.93. The van der Waals surface area contributed by atoms with Gasteiger partial charge in [0.2, 0.25) is 0 Å². The number of carbonyl (C=O) groups is 2. The summed E-state index contributed by atoms with van der Waals surface area (Å²) in [5.41, 5.74) is 0. The smallest absolute Gasteiger partial charge is 0.907 e. The predicted octanol–water partition coefficient (Wildman–Crippen LogP) is -22.4. The fourth-order valence-electron chi connectivity index (χ4n) is 0. The van der Waals surface area contributed by atoms with Gasteiger partial charge in [-0.25, -0.2) is 0 Å². The Hall–Kier alpha value is 1.87. The van der Waals surface area contributed by atoms with Gasteiger partial charge in [0.25, 0.3) is 0 Å². The number of hydrogen-bond acceptors (Lipinski definition) is 7. The van der Waals surface area contributed by atoms with Gasteiger partial charge >= 0.3 is 94.3 Å². The van der Waals surface area contributed by atoms with E-state index in [-0.39, 0.29) is 94.3 Å². The monoisotopic (exact) mass is 182 g/mol. The molecule has 0 radical (unpaired) electrons. The summed E-state index contributed by atoms with van der Waals surface area (Å²) in [5.74, 6) is -4.37. The first-order valence-electron chi connectivity index (χ1n) is 1.77. The molecule has 13 heteroatoms. The van der Waals surface area contributed by atoms with Crippen LogP contribution >= 0.6 is 0 Å². The van der Waals surface area contributed by atoms with Crippen molar-refractivity contribution in [2.24, 2.45) is 0 Å². The second-order valence-corrected chi connectivity index (χ2v) is 0.864. The van der Waals surface area contributed by atoms with E-state index in [9.17, 15) is 0 Å². The molecule has 0 heterocycles. The van der Waals surface area contributed by atoms with Crippen molar-refractivity contribution in [1.29, 1.82) is 0 Å². The molecule has 0 aliphatic heterocycles. The second kappa shape index (κ2) is 29.7. The summed E-state index contributed by atoms with van der Waals surface area (Å²) in [6.07, 6.45) is 0.